The van der Waals surface area contributed by atoms with Gasteiger partial charge in [-0.05, 0) is 75.5 Å². The molecular weight excluding hydrogens is 262 g/mol. The molecular formula is C18H27NS. The molecule has 0 amide bonds. The first kappa shape index (κ1) is 16.9. The van der Waals surface area contributed by atoms with Gasteiger partial charge in [-0.25, -0.2) is 0 Å². The van der Waals surface area contributed by atoms with Crippen molar-refractivity contribution < 1.29 is 0 Å². The number of rotatable bonds is 5. The molecule has 0 unspecified atom stereocenters. The standard InChI is InChI=1S/C18H27NS/c1-13(10-11-20)15(3)12-16(4)17(5)19-18-9-7-6-8-14(18)2/h10-12,19-20H,5-9H2,1-4H3/b11-10-,15-13+,16-12+. The second-order valence-electron chi connectivity index (χ2n) is 5.58. The van der Waals surface area contributed by atoms with E-state index in [1.807, 2.05) is 6.08 Å². The van der Waals surface area contributed by atoms with E-state index in [0.29, 0.717) is 0 Å². The molecule has 0 spiro atoms. The molecule has 0 saturated heterocycles. The van der Waals surface area contributed by atoms with Crippen LogP contribution in [0.2, 0.25) is 0 Å². The fourth-order valence-electron chi connectivity index (χ4n) is 2.28. The first-order valence-corrected chi connectivity index (χ1v) is 7.78. The van der Waals surface area contributed by atoms with Crippen LogP contribution < -0.4 is 5.32 Å². The van der Waals surface area contributed by atoms with Crippen molar-refractivity contribution in [3.63, 3.8) is 0 Å². The monoisotopic (exact) mass is 289 g/mol. The van der Waals surface area contributed by atoms with Crippen molar-refractivity contribution >= 4 is 12.6 Å². The zero-order chi connectivity index (χ0) is 15.1. The Morgan fingerprint density at radius 3 is 2.40 bits per heavy atom. The minimum Gasteiger partial charge on any atom is -0.359 e. The summed E-state index contributed by atoms with van der Waals surface area (Å²) in [6.07, 6.45) is 9.14. The van der Waals surface area contributed by atoms with Crippen molar-refractivity contribution in [2.45, 2.75) is 53.4 Å². The predicted octanol–water partition coefficient (Wildman–Crippen LogP) is 5.66. The third kappa shape index (κ3) is 5.09. The molecule has 110 valence electrons. The van der Waals surface area contributed by atoms with Crippen molar-refractivity contribution in [2.24, 2.45) is 0 Å². The number of thiol groups is 1. The Balaban J connectivity index is 2.79. The summed E-state index contributed by atoms with van der Waals surface area (Å²) in [7, 11) is 0. The Morgan fingerprint density at radius 2 is 1.80 bits per heavy atom. The lowest BCUT2D eigenvalue weighted by Crippen LogP contribution is -2.16. The second kappa shape index (κ2) is 8.21. The number of hydrogen-bond donors (Lipinski definition) is 2. The molecule has 2 heteroatoms. The highest BCUT2D eigenvalue weighted by Crippen LogP contribution is 2.24. The van der Waals surface area contributed by atoms with Gasteiger partial charge in [0.15, 0.2) is 0 Å². The maximum absolute atomic E-state index is 4.17. The lowest BCUT2D eigenvalue weighted by atomic mass is 9.97. The Hall–Kier alpha value is -1.15. The molecule has 1 N–H and O–H groups in total. The molecule has 0 aromatic rings. The van der Waals surface area contributed by atoms with E-state index in [1.54, 1.807) is 5.41 Å². The van der Waals surface area contributed by atoms with Crippen molar-refractivity contribution in [1.82, 2.24) is 5.32 Å². The van der Waals surface area contributed by atoms with Crippen LogP contribution in [0.1, 0.15) is 53.4 Å². The van der Waals surface area contributed by atoms with Crippen LogP contribution in [0.5, 0.6) is 0 Å². The van der Waals surface area contributed by atoms with E-state index in [2.05, 4.69) is 58.3 Å². The predicted molar refractivity (Wildman–Crippen MR) is 93.7 cm³/mol. The molecule has 1 aliphatic carbocycles. The summed E-state index contributed by atoms with van der Waals surface area (Å²) in [6.45, 7) is 12.7. The molecule has 0 saturated carbocycles. The van der Waals surface area contributed by atoms with Gasteiger partial charge < -0.3 is 5.32 Å². The van der Waals surface area contributed by atoms with Crippen molar-refractivity contribution in [2.75, 3.05) is 0 Å². The number of hydrogen-bond acceptors (Lipinski definition) is 2. The maximum atomic E-state index is 4.17. The molecule has 0 fully saturated rings. The summed E-state index contributed by atoms with van der Waals surface area (Å²) in [5, 5.41) is 5.27. The SMILES string of the molecule is C=C(NC1=C(C)CCCC1)/C(C)=C/C(C)=C(C)/C=C\S. The average Bonchev–Trinajstić information content (AvgIpc) is 2.41. The van der Waals surface area contributed by atoms with Crippen molar-refractivity contribution in [3.8, 4) is 0 Å². The van der Waals surface area contributed by atoms with Crippen LogP contribution in [-0.2, 0) is 0 Å². The van der Waals surface area contributed by atoms with Crippen LogP contribution in [0.25, 0.3) is 0 Å². The molecule has 0 bridgehead atoms. The van der Waals surface area contributed by atoms with E-state index in [0.717, 1.165) is 12.1 Å². The van der Waals surface area contributed by atoms with Gasteiger partial charge in [0.25, 0.3) is 0 Å². The Bertz CT molecular complexity index is 490. The second-order valence-corrected chi connectivity index (χ2v) is 5.88. The number of allylic oxidation sites excluding steroid dienone is 7. The van der Waals surface area contributed by atoms with Crippen LogP contribution in [-0.4, -0.2) is 0 Å². The zero-order valence-corrected chi connectivity index (χ0v) is 14.1. The lowest BCUT2D eigenvalue weighted by Gasteiger charge is -2.21. The van der Waals surface area contributed by atoms with Gasteiger partial charge in [-0.2, -0.15) is 12.6 Å². The van der Waals surface area contributed by atoms with E-state index in [9.17, 15) is 0 Å². The molecule has 1 aliphatic rings. The molecule has 0 aliphatic heterocycles. The van der Waals surface area contributed by atoms with Gasteiger partial charge in [0, 0.05) is 11.4 Å². The first-order chi connectivity index (χ1) is 9.45. The highest BCUT2D eigenvalue weighted by Gasteiger charge is 2.10. The highest BCUT2D eigenvalue weighted by molar-refractivity contribution is 7.83. The Labute approximate surface area is 129 Å². The number of nitrogens with one attached hydrogen (secondary N) is 1. The van der Waals surface area contributed by atoms with E-state index in [-0.39, 0.29) is 0 Å². The molecule has 0 atom stereocenters. The summed E-state index contributed by atoms with van der Waals surface area (Å²) in [5.41, 5.74) is 7.49. The van der Waals surface area contributed by atoms with E-state index in [1.165, 1.54) is 47.3 Å². The fourth-order valence-corrected chi connectivity index (χ4v) is 2.50. The van der Waals surface area contributed by atoms with Gasteiger partial charge in [-0.3, -0.25) is 0 Å². The summed E-state index contributed by atoms with van der Waals surface area (Å²) in [4.78, 5) is 0. The van der Waals surface area contributed by atoms with Crippen LogP contribution in [0, 0.1) is 0 Å². The van der Waals surface area contributed by atoms with Gasteiger partial charge >= 0.3 is 0 Å². The van der Waals surface area contributed by atoms with Crippen molar-refractivity contribution in [1.29, 1.82) is 0 Å². The largest absolute Gasteiger partial charge is 0.359 e. The topological polar surface area (TPSA) is 12.0 Å². The molecule has 0 heterocycles. The van der Waals surface area contributed by atoms with Crippen LogP contribution in [0.15, 0.2) is 57.8 Å². The molecule has 20 heavy (non-hydrogen) atoms. The minimum atomic E-state index is 1.00. The fraction of sp³-hybridized carbons (Fsp3) is 0.444. The summed E-state index contributed by atoms with van der Waals surface area (Å²) in [6, 6.07) is 0. The summed E-state index contributed by atoms with van der Waals surface area (Å²) < 4.78 is 0. The third-order valence-corrected chi connectivity index (χ3v) is 4.05. The van der Waals surface area contributed by atoms with Gasteiger partial charge in [-0.15, -0.1) is 0 Å². The lowest BCUT2D eigenvalue weighted by molar-refractivity contribution is 0.641. The first-order valence-electron chi connectivity index (χ1n) is 7.27. The minimum absolute atomic E-state index is 1.00. The van der Waals surface area contributed by atoms with Crippen LogP contribution in [0.3, 0.4) is 0 Å². The summed E-state index contributed by atoms with van der Waals surface area (Å²) in [5.74, 6) is 0. The van der Waals surface area contributed by atoms with E-state index < -0.39 is 0 Å². The van der Waals surface area contributed by atoms with Crippen molar-refractivity contribution in [3.05, 3.63) is 57.8 Å². The molecule has 1 rings (SSSR count). The molecule has 0 aromatic heterocycles. The highest BCUT2D eigenvalue weighted by atomic mass is 32.1. The zero-order valence-electron chi connectivity index (χ0n) is 13.2. The quantitative estimate of drug-likeness (QED) is 0.491. The van der Waals surface area contributed by atoms with E-state index in [4.69, 9.17) is 0 Å². The van der Waals surface area contributed by atoms with Crippen LogP contribution >= 0.6 is 12.6 Å². The third-order valence-electron chi connectivity index (χ3n) is 3.90. The van der Waals surface area contributed by atoms with Gasteiger partial charge in [0.2, 0.25) is 0 Å². The average molecular weight is 289 g/mol. The summed E-state index contributed by atoms with van der Waals surface area (Å²) >= 11 is 4.11. The Morgan fingerprint density at radius 1 is 1.15 bits per heavy atom. The molecule has 1 nitrogen and oxygen atoms in total. The van der Waals surface area contributed by atoms with Gasteiger partial charge in [-0.1, -0.05) is 24.3 Å². The Kier molecular flexibility index (Phi) is 6.94. The van der Waals surface area contributed by atoms with Gasteiger partial charge in [0.1, 0.15) is 0 Å². The molecule has 0 aromatic carbocycles. The normalized spacial score (nSPS) is 18.4. The van der Waals surface area contributed by atoms with Gasteiger partial charge in [0.05, 0.1) is 0 Å². The van der Waals surface area contributed by atoms with E-state index >= 15 is 0 Å². The smallest absolute Gasteiger partial charge is 0.0338 e. The molecule has 0 radical (unpaired) electrons. The van der Waals surface area contributed by atoms with Crippen LogP contribution in [0.4, 0.5) is 0 Å². The maximum Gasteiger partial charge on any atom is 0.0338 e.